The van der Waals surface area contributed by atoms with Crippen LogP contribution in [0.4, 0.5) is 0 Å². The maximum Gasteiger partial charge on any atom is 0.261 e. The summed E-state index contributed by atoms with van der Waals surface area (Å²) in [6.07, 6.45) is 0.867. The topological polar surface area (TPSA) is 63.2 Å². The summed E-state index contributed by atoms with van der Waals surface area (Å²) in [4.78, 5) is 12.0. The van der Waals surface area contributed by atoms with Crippen molar-refractivity contribution < 1.29 is 13.2 Å². The van der Waals surface area contributed by atoms with E-state index in [4.69, 9.17) is 10.7 Å². The molecule has 0 radical (unpaired) electrons. The van der Waals surface area contributed by atoms with Crippen molar-refractivity contribution in [3.8, 4) is 0 Å². The van der Waals surface area contributed by atoms with E-state index in [-0.39, 0.29) is 16.2 Å². The van der Waals surface area contributed by atoms with E-state index in [0.29, 0.717) is 17.7 Å². The van der Waals surface area contributed by atoms with E-state index >= 15 is 0 Å². The second-order valence-electron chi connectivity index (χ2n) is 5.98. The maximum absolute atomic E-state index is 12.0. The van der Waals surface area contributed by atoms with Crippen molar-refractivity contribution in [2.75, 3.05) is 6.54 Å². The van der Waals surface area contributed by atoms with Crippen molar-refractivity contribution in [1.29, 1.82) is 0 Å². The van der Waals surface area contributed by atoms with Crippen molar-refractivity contribution in [2.45, 2.75) is 39.0 Å². The number of hydrogen-bond acceptors (Lipinski definition) is 3. The summed E-state index contributed by atoms with van der Waals surface area (Å²) >= 11 is 0. The van der Waals surface area contributed by atoms with Crippen LogP contribution < -0.4 is 5.32 Å². The molecule has 0 saturated carbocycles. The molecule has 20 heavy (non-hydrogen) atoms. The number of amides is 1. The molecule has 1 amide bonds. The first kappa shape index (κ1) is 17.0. The van der Waals surface area contributed by atoms with Gasteiger partial charge in [-0.1, -0.05) is 20.8 Å². The van der Waals surface area contributed by atoms with Gasteiger partial charge in [-0.2, -0.15) is 0 Å². The molecule has 1 N–H and O–H groups in total. The lowest BCUT2D eigenvalue weighted by Crippen LogP contribution is -2.27. The van der Waals surface area contributed by atoms with Gasteiger partial charge in [-0.3, -0.25) is 4.79 Å². The molecule has 0 aliphatic rings. The fourth-order valence-electron chi connectivity index (χ4n) is 1.69. The van der Waals surface area contributed by atoms with Gasteiger partial charge in [0.05, 0.1) is 4.90 Å². The second-order valence-corrected chi connectivity index (χ2v) is 8.55. The average molecular weight is 318 g/mol. The van der Waals surface area contributed by atoms with Crippen molar-refractivity contribution >= 4 is 25.6 Å². The van der Waals surface area contributed by atoms with Crippen LogP contribution in [0.15, 0.2) is 23.1 Å². The Morgan fingerprint density at radius 1 is 1.30 bits per heavy atom. The van der Waals surface area contributed by atoms with E-state index in [1.54, 1.807) is 6.92 Å². The number of rotatable bonds is 4. The van der Waals surface area contributed by atoms with Gasteiger partial charge < -0.3 is 5.32 Å². The summed E-state index contributed by atoms with van der Waals surface area (Å²) in [5.41, 5.74) is 1.20. The predicted octanol–water partition coefficient (Wildman–Crippen LogP) is 3.09. The van der Waals surface area contributed by atoms with Crippen molar-refractivity contribution in [2.24, 2.45) is 5.41 Å². The Morgan fingerprint density at radius 3 is 2.35 bits per heavy atom. The van der Waals surface area contributed by atoms with Crippen LogP contribution in [0.5, 0.6) is 0 Å². The second kappa shape index (κ2) is 6.14. The monoisotopic (exact) mass is 317 g/mol. The summed E-state index contributed by atoms with van der Waals surface area (Å²) in [5.74, 6) is -0.203. The van der Waals surface area contributed by atoms with Gasteiger partial charge in [-0.15, -0.1) is 0 Å². The van der Waals surface area contributed by atoms with Gasteiger partial charge in [-0.25, -0.2) is 8.42 Å². The highest BCUT2D eigenvalue weighted by atomic mass is 35.7. The van der Waals surface area contributed by atoms with E-state index < -0.39 is 9.05 Å². The van der Waals surface area contributed by atoms with Gasteiger partial charge in [0.2, 0.25) is 0 Å². The molecular weight excluding hydrogens is 298 g/mol. The first-order valence-corrected chi connectivity index (χ1v) is 8.65. The van der Waals surface area contributed by atoms with Crippen LogP contribution >= 0.6 is 10.7 Å². The number of aryl methyl sites for hydroxylation is 1. The van der Waals surface area contributed by atoms with Crippen LogP contribution in [0.2, 0.25) is 0 Å². The lowest BCUT2D eigenvalue weighted by atomic mass is 9.92. The fourth-order valence-corrected chi connectivity index (χ4v) is 2.52. The van der Waals surface area contributed by atoms with E-state index in [0.717, 1.165) is 6.42 Å². The van der Waals surface area contributed by atoms with Gasteiger partial charge in [0.15, 0.2) is 0 Å². The van der Waals surface area contributed by atoms with Gasteiger partial charge >= 0.3 is 0 Å². The molecule has 0 bridgehead atoms. The fraction of sp³-hybridized carbons (Fsp3) is 0.500. The predicted molar refractivity (Wildman–Crippen MR) is 80.6 cm³/mol. The third-order valence-electron chi connectivity index (χ3n) is 2.88. The SMILES string of the molecule is Cc1cc(S(=O)(=O)Cl)ccc1C(=O)NCCC(C)(C)C. The molecule has 112 valence electrons. The Morgan fingerprint density at radius 2 is 1.90 bits per heavy atom. The molecule has 0 atom stereocenters. The Hall–Kier alpha value is -1.07. The number of hydrogen-bond donors (Lipinski definition) is 1. The summed E-state index contributed by atoms with van der Waals surface area (Å²) in [5, 5.41) is 2.83. The van der Waals surface area contributed by atoms with Crippen molar-refractivity contribution in [3.05, 3.63) is 29.3 Å². The minimum atomic E-state index is -3.76. The Balaban J connectivity index is 2.80. The van der Waals surface area contributed by atoms with E-state index in [9.17, 15) is 13.2 Å². The smallest absolute Gasteiger partial charge is 0.261 e. The number of carbonyl (C=O) groups is 1. The molecule has 0 unspecified atom stereocenters. The Kier molecular flexibility index (Phi) is 5.21. The first-order valence-electron chi connectivity index (χ1n) is 6.34. The van der Waals surface area contributed by atoms with E-state index in [2.05, 4.69) is 26.1 Å². The molecule has 0 aliphatic heterocycles. The largest absolute Gasteiger partial charge is 0.352 e. The van der Waals surface area contributed by atoms with Crippen LogP contribution in [0, 0.1) is 12.3 Å². The zero-order chi connectivity index (χ0) is 15.6. The molecular formula is C14H20ClNO3S. The Labute approximate surface area is 124 Å². The molecule has 1 aromatic rings. The maximum atomic E-state index is 12.0. The standard InChI is InChI=1S/C14H20ClNO3S/c1-10-9-11(20(15,18)19)5-6-12(10)13(17)16-8-7-14(2,3)4/h5-6,9H,7-8H2,1-4H3,(H,16,17). The van der Waals surface area contributed by atoms with Gasteiger partial charge in [0, 0.05) is 22.8 Å². The number of carbonyl (C=O) groups excluding carboxylic acids is 1. The molecule has 0 aromatic heterocycles. The van der Waals surface area contributed by atoms with Crippen LogP contribution in [0.1, 0.15) is 43.1 Å². The normalized spacial score (nSPS) is 12.2. The minimum absolute atomic E-state index is 0.00269. The number of halogens is 1. The summed E-state index contributed by atoms with van der Waals surface area (Å²) < 4.78 is 22.4. The van der Waals surface area contributed by atoms with E-state index in [1.807, 2.05) is 0 Å². The molecule has 4 nitrogen and oxygen atoms in total. The highest BCUT2D eigenvalue weighted by molar-refractivity contribution is 8.13. The number of nitrogens with one attached hydrogen (secondary N) is 1. The summed E-state index contributed by atoms with van der Waals surface area (Å²) in [6, 6.07) is 4.23. The molecule has 6 heteroatoms. The number of benzene rings is 1. The molecule has 1 rings (SSSR count). The lowest BCUT2D eigenvalue weighted by molar-refractivity contribution is 0.0949. The molecule has 0 aliphatic carbocycles. The third kappa shape index (κ3) is 5.13. The van der Waals surface area contributed by atoms with Crippen molar-refractivity contribution in [1.82, 2.24) is 5.32 Å². The lowest BCUT2D eigenvalue weighted by Gasteiger charge is -2.18. The van der Waals surface area contributed by atoms with Gasteiger partial charge in [0.25, 0.3) is 15.0 Å². The zero-order valence-corrected chi connectivity index (χ0v) is 13.7. The molecule has 1 aromatic carbocycles. The third-order valence-corrected chi connectivity index (χ3v) is 4.24. The molecule has 0 heterocycles. The summed E-state index contributed by atoms with van der Waals surface area (Å²) in [6.45, 7) is 8.57. The molecule has 0 fully saturated rings. The Bertz CT molecular complexity index is 603. The zero-order valence-electron chi connectivity index (χ0n) is 12.2. The summed E-state index contributed by atoms with van der Waals surface area (Å²) in [7, 11) is 1.50. The highest BCUT2D eigenvalue weighted by Gasteiger charge is 2.15. The average Bonchev–Trinajstić information content (AvgIpc) is 2.25. The molecule has 0 saturated heterocycles. The highest BCUT2D eigenvalue weighted by Crippen LogP contribution is 2.20. The van der Waals surface area contributed by atoms with Crippen LogP contribution in [0.25, 0.3) is 0 Å². The van der Waals surface area contributed by atoms with Gasteiger partial charge in [-0.05, 0) is 42.5 Å². The van der Waals surface area contributed by atoms with E-state index in [1.165, 1.54) is 18.2 Å². The quantitative estimate of drug-likeness (QED) is 0.868. The van der Waals surface area contributed by atoms with Crippen LogP contribution in [0.3, 0.4) is 0 Å². The molecule has 0 spiro atoms. The van der Waals surface area contributed by atoms with Crippen LogP contribution in [-0.4, -0.2) is 20.9 Å². The van der Waals surface area contributed by atoms with Gasteiger partial charge in [0.1, 0.15) is 0 Å². The first-order chi connectivity index (χ1) is 9.00. The van der Waals surface area contributed by atoms with Crippen LogP contribution in [-0.2, 0) is 9.05 Å². The minimum Gasteiger partial charge on any atom is -0.352 e. The van der Waals surface area contributed by atoms with Crippen molar-refractivity contribution in [3.63, 3.8) is 0 Å².